The second kappa shape index (κ2) is 7.43. The van der Waals surface area contributed by atoms with Gasteiger partial charge in [0.1, 0.15) is 11.8 Å². The molecule has 4 nitrogen and oxygen atoms in total. The smallest absolute Gasteiger partial charge is 0.108 e. The van der Waals surface area contributed by atoms with Crippen LogP contribution < -0.4 is 5.73 Å². The Labute approximate surface area is 181 Å². The van der Waals surface area contributed by atoms with Gasteiger partial charge in [0.2, 0.25) is 0 Å². The second-order valence-corrected chi connectivity index (χ2v) is 8.54. The number of pyridine rings is 1. The van der Waals surface area contributed by atoms with E-state index in [9.17, 15) is 0 Å². The maximum absolute atomic E-state index is 6.64. The standard InChI is InChI=1S/C22H16Cl2N4S/c23-15-8-14(5-6-25)21(17(24)10-15)28-12-27-19-11-26-18-4-3-13(9-16(18)22(19)28)20-2-1-7-29-20/h1-4,7-12H,5-6,25H2. The van der Waals surface area contributed by atoms with E-state index in [-0.39, 0.29) is 0 Å². The topological polar surface area (TPSA) is 56.7 Å². The van der Waals surface area contributed by atoms with Crippen molar-refractivity contribution in [3.05, 3.63) is 76.0 Å². The van der Waals surface area contributed by atoms with Crippen molar-refractivity contribution in [2.45, 2.75) is 6.42 Å². The minimum Gasteiger partial charge on any atom is -0.330 e. The lowest BCUT2D eigenvalue weighted by atomic mass is 10.1. The van der Waals surface area contributed by atoms with Crippen molar-refractivity contribution in [1.29, 1.82) is 0 Å². The van der Waals surface area contributed by atoms with E-state index in [1.165, 1.54) is 4.88 Å². The van der Waals surface area contributed by atoms with Crippen LogP contribution in [0.2, 0.25) is 10.0 Å². The molecular formula is C22H16Cl2N4S. The highest BCUT2D eigenvalue weighted by molar-refractivity contribution is 7.13. The number of imidazole rings is 1. The lowest BCUT2D eigenvalue weighted by molar-refractivity contribution is 0.943. The zero-order chi connectivity index (χ0) is 20.0. The molecule has 0 aliphatic carbocycles. The van der Waals surface area contributed by atoms with E-state index in [2.05, 4.69) is 39.6 Å². The number of rotatable bonds is 4. The van der Waals surface area contributed by atoms with Gasteiger partial charge >= 0.3 is 0 Å². The lowest BCUT2D eigenvalue weighted by Crippen LogP contribution is -2.07. The maximum Gasteiger partial charge on any atom is 0.108 e. The van der Waals surface area contributed by atoms with Crippen molar-refractivity contribution in [3.8, 4) is 16.1 Å². The molecule has 5 rings (SSSR count). The minimum atomic E-state index is 0.501. The predicted molar refractivity (Wildman–Crippen MR) is 122 cm³/mol. The summed E-state index contributed by atoms with van der Waals surface area (Å²) < 4.78 is 2.03. The Bertz CT molecular complexity index is 1340. The average Bonchev–Trinajstić information content (AvgIpc) is 3.38. The number of benzene rings is 2. The number of aromatic nitrogens is 3. The Morgan fingerprint density at radius 3 is 2.72 bits per heavy atom. The fraction of sp³-hybridized carbons (Fsp3) is 0.0909. The summed E-state index contributed by atoms with van der Waals surface area (Å²) in [6.07, 6.45) is 4.25. The monoisotopic (exact) mass is 438 g/mol. The number of nitrogens with two attached hydrogens (primary N) is 1. The number of hydrogen-bond donors (Lipinski definition) is 1. The molecule has 0 bridgehead atoms. The SMILES string of the molecule is NCCc1cc(Cl)cc(Cl)c1-n1cnc2cnc3ccc(-c4cccs4)cc3c21. The van der Waals surface area contributed by atoms with Gasteiger partial charge in [-0.25, -0.2) is 4.98 Å². The van der Waals surface area contributed by atoms with Crippen molar-refractivity contribution in [2.75, 3.05) is 6.54 Å². The van der Waals surface area contributed by atoms with Crippen LogP contribution >= 0.6 is 34.5 Å². The molecule has 0 atom stereocenters. The van der Waals surface area contributed by atoms with Crippen LogP contribution in [0.1, 0.15) is 5.56 Å². The van der Waals surface area contributed by atoms with Gasteiger partial charge in [0, 0.05) is 15.3 Å². The Morgan fingerprint density at radius 2 is 1.93 bits per heavy atom. The molecule has 0 unspecified atom stereocenters. The molecule has 0 radical (unpaired) electrons. The molecule has 0 aliphatic rings. The predicted octanol–water partition coefficient (Wildman–Crippen LogP) is 6.11. The summed E-state index contributed by atoms with van der Waals surface area (Å²) in [6.45, 7) is 0.501. The summed E-state index contributed by atoms with van der Waals surface area (Å²) in [6, 6.07) is 14.2. The van der Waals surface area contributed by atoms with Crippen molar-refractivity contribution in [2.24, 2.45) is 5.73 Å². The molecule has 3 aromatic heterocycles. The van der Waals surface area contributed by atoms with E-state index >= 15 is 0 Å². The van der Waals surface area contributed by atoms with Crippen LogP contribution in [-0.4, -0.2) is 21.1 Å². The number of halogens is 2. The third kappa shape index (κ3) is 3.20. The first-order valence-corrected chi connectivity index (χ1v) is 10.8. The van der Waals surface area contributed by atoms with Crippen LogP contribution in [0.3, 0.4) is 0 Å². The molecule has 2 aromatic carbocycles. The molecule has 29 heavy (non-hydrogen) atoms. The molecule has 0 saturated heterocycles. The fourth-order valence-corrected chi connectivity index (χ4v) is 5.04. The highest BCUT2D eigenvalue weighted by Crippen LogP contribution is 2.35. The molecular weight excluding hydrogens is 423 g/mol. The van der Waals surface area contributed by atoms with Gasteiger partial charge in [0.15, 0.2) is 0 Å². The van der Waals surface area contributed by atoms with E-state index in [0.717, 1.165) is 38.8 Å². The number of thiophene rings is 1. The molecule has 5 aromatic rings. The van der Waals surface area contributed by atoms with Gasteiger partial charge < -0.3 is 5.73 Å². The first-order valence-electron chi connectivity index (χ1n) is 9.14. The molecule has 7 heteroatoms. The van der Waals surface area contributed by atoms with Crippen LogP contribution in [-0.2, 0) is 6.42 Å². The van der Waals surface area contributed by atoms with E-state index in [1.807, 2.05) is 16.7 Å². The third-order valence-corrected chi connectivity index (χ3v) is 6.37. The average molecular weight is 439 g/mol. The van der Waals surface area contributed by atoms with Crippen molar-refractivity contribution < 1.29 is 0 Å². The highest BCUT2D eigenvalue weighted by atomic mass is 35.5. The number of nitrogens with zero attached hydrogens (tertiary/aromatic N) is 3. The number of fused-ring (bicyclic) bond motifs is 3. The van der Waals surface area contributed by atoms with E-state index in [0.29, 0.717) is 23.0 Å². The van der Waals surface area contributed by atoms with Gasteiger partial charge in [-0.15, -0.1) is 11.3 Å². The van der Waals surface area contributed by atoms with Gasteiger partial charge in [-0.3, -0.25) is 9.55 Å². The summed E-state index contributed by atoms with van der Waals surface area (Å²) in [4.78, 5) is 10.4. The maximum atomic E-state index is 6.64. The molecule has 0 spiro atoms. The van der Waals surface area contributed by atoms with Crippen LogP contribution in [0.15, 0.2) is 60.4 Å². The summed E-state index contributed by atoms with van der Waals surface area (Å²) in [5, 5.41) is 4.27. The van der Waals surface area contributed by atoms with Gasteiger partial charge in [0.05, 0.1) is 27.9 Å². The molecule has 0 fully saturated rings. The summed E-state index contributed by atoms with van der Waals surface area (Å²) in [5.74, 6) is 0. The quantitative estimate of drug-likeness (QED) is 0.368. The summed E-state index contributed by atoms with van der Waals surface area (Å²) in [7, 11) is 0. The first-order chi connectivity index (χ1) is 14.2. The van der Waals surface area contributed by atoms with Crippen LogP contribution in [0.25, 0.3) is 38.1 Å². The van der Waals surface area contributed by atoms with Gasteiger partial charge in [-0.1, -0.05) is 35.3 Å². The Kier molecular flexibility index (Phi) is 4.76. The third-order valence-electron chi connectivity index (χ3n) is 4.94. The Morgan fingerprint density at radius 1 is 1.03 bits per heavy atom. The van der Waals surface area contributed by atoms with Crippen LogP contribution in [0.5, 0.6) is 0 Å². The number of hydrogen-bond acceptors (Lipinski definition) is 4. The van der Waals surface area contributed by atoms with E-state index in [4.69, 9.17) is 28.9 Å². The fourth-order valence-electron chi connectivity index (χ4n) is 3.69. The largest absolute Gasteiger partial charge is 0.330 e. The molecule has 0 amide bonds. The van der Waals surface area contributed by atoms with Gasteiger partial charge in [0.25, 0.3) is 0 Å². The van der Waals surface area contributed by atoms with Gasteiger partial charge in [-0.2, -0.15) is 0 Å². The normalized spacial score (nSPS) is 11.6. The van der Waals surface area contributed by atoms with Crippen molar-refractivity contribution >= 4 is 56.5 Å². The second-order valence-electron chi connectivity index (χ2n) is 6.75. The Balaban J connectivity index is 1.83. The van der Waals surface area contributed by atoms with Crippen molar-refractivity contribution in [3.63, 3.8) is 0 Å². The molecule has 0 saturated carbocycles. The summed E-state index contributed by atoms with van der Waals surface area (Å²) >= 11 is 14.6. The molecule has 0 aliphatic heterocycles. The van der Waals surface area contributed by atoms with Crippen LogP contribution in [0, 0.1) is 0 Å². The minimum absolute atomic E-state index is 0.501. The molecule has 2 N–H and O–H groups in total. The summed E-state index contributed by atoms with van der Waals surface area (Å²) in [5.41, 5.74) is 11.5. The van der Waals surface area contributed by atoms with Crippen LogP contribution in [0.4, 0.5) is 0 Å². The van der Waals surface area contributed by atoms with E-state index in [1.54, 1.807) is 29.9 Å². The molecule has 144 valence electrons. The zero-order valence-corrected chi connectivity index (χ0v) is 17.6. The molecule has 3 heterocycles. The first kappa shape index (κ1) is 18.6. The zero-order valence-electron chi connectivity index (χ0n) is 15.3. The van der Waals surface area contributed by atoms with E-state index < -0.39 is 0 Å². The lowest BCUT2D eigenvalue weighted by Gasteiger charge is -2.15. The highest BCUT2D eigenvalue weighted by Gasteiger charge is 2.17. The van der Waals surface area contributed by atoms with Crippen molar-refractivity contribution in [1.82, 2.24) is 14.5 Å². The Hall–Kier alpha value is -2.44. The van der Waals surface area contributed by atoms with Gasteiger partial charge in [-0.05, 0) is 59.8 Å².